The number of nitrogens with zero attached hydrogens (tertiary/aromatic N) is 4. The first-order valence-corrected chi connectivity index (χ1v) is 8.34. The number of nitrogens with one attached hydrogen (secondary N) is 1. The molecule has 2 N–H and O–H groups in total. The first-order chi connectivity index (χ1) is 12.0. The SMILES string of the molecule is CCN=c1ncn(Cc2ccc(OC)c(O)c2)c2nc(C(C)C)[nH]c12.Cl. The number of phenols is 1. The zero-order valence-corrected chi connectivity index (χ0v) is 16.2. The van der Waals surface area contributed by atoms with Gasteiger partial charge in [0.2, 0.25) is 0 Å². The molecule has 0 unspecified atom stereocenters. The van der Waals surface area contributed by atoms with Gasteiger partial charge < -0.3 is 19.4 Å². The second-order valence-electron chi connectivity index (χ2n) is 6.15. The van der Waals surface area contributed by atoms with Gasteiger partial charge in [0.1, 0.15) is 11.3 Å². The highest BCUT2D eigenvalue weighted by Crippen LogP contribution is 2.26. The number of halogens is 1. The summed E-state index contributed by atoms with van der Waals surface area (Å²) in [5.41, 5.74) is 3.25. The van der Waals surface area contributed by atoms with E-state index >= 15 is 0 Å². The molecular formula is C18H24ClN5O2. The molecule has 1 aromatic carbocycles. The van der Waals surface area contributed by atoms with E-state index in [1.165, 1.54) is 7.11 Å². The van der Waals surface area contributed by atoms with Crippen molar-refractivity contribution < 1.29 is 9.84 Å². The molecule has 0 aliphatic heterocycles. The molecule has 0 fully saturated rings. The molecule has 0 spiro atoms. The fraction of sp³-hybridized carbons (Fsp3) is 0.389. The van der Waals surface area contributed by atoms with Crippen molar-refractivity contribution in [3.8, 4) is 11.5 Å². The average molecular weight is 378 g/mol. The third-order valence-corrected chi connectivity index (χ3v) is 3.97. The van der Waals surface area contributed by atoms with E-state index in [0.29, 0.717) is 24.3 Å². The molecule has 0 amide bonds. The number of hydrogen-bond donors (Lipinski definition) is 2. The van der Waals surface area contributed by atoms with Crippen LogP contribution in [0.4, 0.5) is 0 Å². The third-order valence-electron chi connectivity index (χ3n) is 3.97. The summed E-state index contributed by atoms with van der Waals surface area (Å²) in [5.74, 6) is 1.76. The van der Waals surface area contributed by atoms with E-state index in [4.69, 9.17) is 9.72 Å². The molecule has 2 aromatic heterocycles. The van der Waals surface area contributed by atoms with Crippen LogP contribution < -0.4 is 10.2 Å². The quantitative estimate of drug-likeness (QED) is 0.715. The monoisotopic (exact) mass is 377 g/mol. The van der Waals surface area contributed by atoms with Crippen molar-refractivity contribution in [3.63, 3.8) is 0 Å². The summed E-state index contributed by atoms with van der Waals surface area (Å²) in [7, 11) is 1.53. The second-order valence-corrected chi connectivity index (χ2v) is 6.15. The van der Waals surface area contributed by atoms with Gasteiger partial charge in [-0.2, -0.15) is 0 Å². The van der Waals surface area contributed by atoms with Gasteiger partial charge in [-0.05, 0) is 24.6 Å². The Morgan fingerprint density at radius 2 is 2.12 bits per heavy atom. The van der Waals surface area contributed by atoms with Crippen molar-refractivity contribution in [2.45, 2.75) is 33.2 Å². The van der Waals surface area contributed by atoms with Gasteiger partial charge in [0.05, 0.1) is 20.0 Å². The van der Waals surface area contributed by atoms with Gasteiger partial charge in [-0.3, -0.25) is 4.99 Å². The number of rotatable bonds is 5. The number of aromatic amines is 1. The first kappa shape index (κ1) is 19.8. The van der Waals surface area contributed by atoms with Gasteiger partial charge in [0.15, 0.2) is 22.6 Å². The minimum absolute atomic E-state index is 0. The number of methoxy groups -OCH3 is 1. The Balaban J connectivity index is 0.00000243. The molecule has 140 valence electrons. The van der Waals surface area contributed by atoms with E-state index in [1.807, 2.05) is 17.6 Å². The first-order valence-electron chi connectivity index (χ1n) is 8.34. The summed E-state index contributed by atoms with van der Waals surface area (Å²) in [6, 6.07) is 5.36. The summed E-state index contributed by atoms with van der Waals surface area (Å²) in [6.07, 6.45) is 1.74. The molecule has 0 radical (unpaired) electrons. The lowest BCUT2D eigenvalue weighted by molar-refractivity contribution is 0.373. The fourth-order valence-corrected chi connectivity index (χ4v) is 2.68. The topological polar surface area (TPSA) is 88.3 Å². The van der Waals surface area contributed by atoms with Crippen LogP contribution in [0.1, 0.15) is 38.1 Å². The maximum Gasteiger partial charge on any atom is 0.176 e. The number of aromatic hydroxyl groups is 1. The normalized spacial score (nSPS) is 11.8. The van der Waals surface area contributed by atoms with Crippen molar-refractivity contribution in [1.29, 1.82) is 0 Å². The summed E-state index contributed by atoms with van der Waals surface area (Å²) in [6.45, 7) is 7.36. The van der Waals surface area contributed by atoms with Crippen LogP contribution in [0, 0.1) is 0 Å². The molecule has 8 heteroatoms. The highest BCUT2D eigenvalue weighted by atomic mass is 35.5. The zero-order chi connectivity index (χ0) is 18.0. The van der Waals surface area contributed by atoms with E-state index in [1.54, 1.807) is 18.5 Å². The predicted octanol–water partition coefficient (Wildman–Crippen LogP) is 2.99. The highest BCUT2D eigenvalue weighted by molar-refractivity contribution is 5.85. The Hall–Kier alpha value is -2.54. The average Bonchev–Trinajstić information content (AvgIpc) is 3.04. The van der Waals surface area contributed by atoms with E-state index in [-0.39, 0.29) is 24.1 Å². The van der Waals surface area contributed by atoms with E-state index in [9.17, 15) is 5.11 Å². The highest BCUT2D eigenvalue weighted by Gasteiger charge is 2.12. The van der Waals surface area contributed by atoms with Gasteiger partial charge in [-0.15, -0.1) is 12.4 Å². The molecule has 3 rings (SSSR count). The molecule has 0 saturated heterocycles. The van der Waals surface area contributed by atoms with E-state index < -0.39 is 0 Å². The van der Waals surface area contributed by atoms with Crippen LogP contribution in [-0.2, 0) is 6.54 Å². The van der Waals surface area contributed by atoms with Crippen LogP contribution in [0.5, 0.6) is 11.5 Å². The smallest absolute Gasteiger partial charge is 0.176 e. The summed E-state index contributed by atoms with van der Waals surface area (Å²) >= 11 is 0. The Labute approximate surface area is 158 Å². The number of hydrogen-bond acceptors (Lipinski definition) is 5. The zero-order valence-electron chi connectivity index (χ0n) is 15.4. The summed E-state index contributed by atoms with van der Waals surface area (Å²) < 4.78 is 7.05. The van der Waals surface area contributed by atoms with Crippen LogP contribution in [0.15, 0.2) is 29.5 Å². The van der Waals surface area contributed by atoms with Crippen LogP contribution in [0.3, 0.4) is 0 Å². The lowest BCUT2D eigenvalue weighted by atomic mass is 10.2. The van der Waals surface area contributed by atoms with Crippen LogP contribution in [-0.4, -0.2) is 38.3 Å². The Morgan fingerprint density at radius 1 is 1.35 bits per heavy atom. The number of fused-ring (bicyclic) bond motifs is 1. The van der Waals surface area contributed by atoms with Crippen molar-refractivity contribution in [1.82, 2.24) is 19.5 Å². The second kappa shape index (κ2) is 8.23. The minimum atomic E-state index is 0. The molecule has 0 atom stereocenters. The lowest BCUT2D eigenvalue weighted by Crippen LogP contribution is -2.15. The molecule has 0 aliphatic carbocycles. The fourth-order valence-electron chi connectivity index (χ4n) is 2.68. The van der Waals surface area contributed by atoms with Gasteiger partial charge in [0.25, 0.3) is 0 Å². The molecular weight excluding hydrogens is 354 g/mol. The Bertz CT molecular complexity index is 962. The molecule has 0 saturated carbocycles. The van der Waals surface area contributed by atoms with Crippen LogP contribution >= 0.6 is 12.4 Å². The molecule has 0 bridgehead atoms. The van der Waals surface area contributed by atoms with Crippen molar-refractivity contribution in [3.05, 3.63) is 41.4 Å². The summed E-state index contributed by atoms with van der Waals surface area (Å²) in [4.78, 5) is 17.0. The largest absolute Gasteiger partial charge is 0.504 e. The van der Waals surface area contributed by atoms with Gasteiger partial charge in [-0.1, -0.05) is 19.9 Å². The molecule has 2 heterocycles. The maximum atomic E-state index is 9.99. The lowest BCUT2D eigenvalue weighted by Gasteiger charge is -2.09. The van der Waals surface area contributed by atoms with Crippen LogP contribution in [0.2, 0.25) is 0 Å². The third kappa shape index (κ3) is 3.83. The molecule has 7 nitrogen and oxygen atoms in total. The Morgan fingerprint density at radius 3 is 2.73 bits per heavy atom. The van der Waals surface area contributed by atoms with E-state index in [0.717, 1.165) is 22.6 Å². The minimum Gasteiger partial charge on any atom is -0.504 e. The van der Waals surface area contributed by atoms with Crippen LogP contribution in [0.25, 0.3) is 11.2 Å². The number of aromatic nitrogens is 4. The standard InChI is InChI=1S/C18H23N5O2.ClH/c1-5-19-17-15-18(22-16(21-15)11(2)3)23(10-20-17)9-12-6-7-14(25-4)13(24)8-12;/h6-8,10-11,24H,5,9H2,1-4H3,(H,21,22);1H. The van der Waals surface area contributed by atoms with Gasteiger partial charge >= 0.3 is 0 Å². The van der Waals surface area contributed by atoms with Gasteiger partial charge in [0, 0.05) is 12.5 Å². The maximum absolute atomic E-state index is 9.99. The van der Waals surface area contributed by atoms with Crippen molar-refractivity contribution in [2.75, 3.05) is 13.7 Å². The predicted molar refractivity (Wildman–Crippen MR) is 103 cm³/mol. The van der Waals surface area contributed by atoms with Crippen molar-refractivity contribution in [2.24, 2.45) is 4.99 Å². The number of benzene rings is 1. The number of phenolic OH excluding ortho intramolecular Hbond substituents is 1. The molecule has 3 aromatic rings. The number of H-pyrrole nitrogens is 1. The van der Waals surface area contributed by atoms with E-state index in [2.05, 4.69) is 28.8 Å². The summed E-state index contributed by atoms with van der Waals surface area (Å²) in [5, 5.41) is 9.99. The Kier molecular flexibility index (Phi) is 6.26. The number of imidazole rings is 1. The number of ether oxygens (including phenoxy) is 1. The molecule has 26 heavy (non-hydrogen) atoms. The molecule has 0 aliphatic rings. The van der Waals surface area contributed by atoms with Gasteiger partial charge in [-0.25, -0.2) is 9.97 Å². The van der Waals surface area contributed by atoms with Crippen molar-refractivity contribution >= 4 is 23.6 Å².